The number of nitrogens with one attached hydrogen (secondary N) is 1. The highest BCUT2D eigenvalue weighted by Crippen LogP contribution is 2.38. The van der Waals surface area contributed by atoms with Crippen LogP contribution in [0.15, 0.2) is 76.8 Å². The fourth-order valence-corrected chi connectivity index (χ4v) is 7.10. The Hall–Kier alpha value is -4.29. The third-order valence-corrected chi connectivity index (χ3v) is 10.6. The van der Waals surface area contributed by atoms with E-state index in [2.05, 4.69) is 21.2 Å². The zero-order valence-corrected chi connectivity index (χ0v) is 31.0. The van der Waals surface area contributed by atoms with Crippen molar-refractivity contribution in [2.24, 2.45) is 5.41 Å². The first-order valence-corrected chi connectivity index (χ1v) is 18.5. The van der Waals surface area contributed by atoms with E-state index in [9.17, 15) is 28.3 Å². The van der Waals surface area contributed by atoms with Gasteiger partial charge in [0.25, 0.3) is 5.91 Å². The second-order valence-electron chi connectivity index (χ2n) is 14.4. The molecule has 3 aliphatic rings. The van der Waals surface area contributed by atoms with Crippen LogP contribution >= 0.6 is 15.9 Å². The lowest BCUT2D eigenvalue weighted by Crippen LogP contribution is -2.62. The molecule has 1 saturated heterocycles. The first kappa shape index (κ1) is 37.5. The number of fused-ring (bicyclic) bond motifs is 2. The molecule has 2 fully saturated rings. The Kier molecular flexibility index (Phi) is 11.6. The van der Waals surface area contributed by atoms with E-state index in [1.807, 2.05) is 48.5 Å². The van der Waals surface area contributed by atoms with Crippen LogP contribution < -0.4 is 14.8 Å². The van der Waals surface area contributed by atoms with Gasteiger partial charge >= 0.3 is 5.97 Å². The van der Waals surface area contributed by atoms with E-state index in [4.69, 9.17) is 9.47 Å². The van der Waals surface area contributed by atoms with E-state index < -0.39 is 29.1 Å². The van der Waals surface area contributed by atoms with Crippen LogP contribution in [0.1, 0.15) is 57.1 Å². The summed E-state index contributed by atoms with van der Waals surface area (Å²) in [5.41, 5.74) is 1.48. The fourth-order valence-electron chi connectivity index (χ4n) is 6.83. The van der Waals surface area contributed by atoms with Gasteiger partial charge in [0, 0.05) is 48.2 Å². The highest BCUT2D eigenvalue weighted by atomic mass is 79.9. The number of piperazine rings is 1. The summed E-state index contributed by atoms with van der Waals surface area (Å²) in [5, 5.41) is 13.1. The first-order chi connectivity index (χ1) is 24.9. The number of ether oxygens (including phenoxy) is 2. The SMILES string of the molecule is CC(C)(CCC(=O)N1C[C@H]2CC(c3ccc(OCCOc4ccc(Br)cc4)cc3)=C(C(=O)N(CCc3cccc(F)c3F)C3CC3)[C@@H](C1)N2)C(=O)O. The number of carboxylic acid groups (broad SMARTS) is 1. The molecule has 2 N–H and O–H groups in total. The molecule has 2 bridgehead atoms. The molecule has 0 unspecified atom stereocenters. The predicted molar refractivity (Wildman–Crippen MR) is 196 cm³/mol. The van der Waals surface area contributed by atoms with Crippen molar-refractivity contribution in [2.75, 3.05) is 32.8 Å². The predicted octanol–water partition coefficient (Wildman–Crippen LogP) is 6.64. The number of aliphatic carboxylic acids is 1. The molecule has 1 aliphatic carbocycles. The lowest BCUT2D eigenvalue weighted by Gasteiger charge is -2.45. The van der Waals surface area contributed by atoms with Gasteiger partial charge in [-0.15, -0.1) is 0 Å². The van der Waals surface area contributed by atoms with Crippen molar-refractivity contribution in [2.45, 2.75) is 70.5 Å². The summed E-state index contributed by atoms with van der Waals surface area (Å²) in [4.78, 5) is 43.3. The van der Waals surface area contributed by atoms with Gasteiger partial charge in [-0.2, -0.15) is 0 Å². The maximum Gasteiger partial charge on any atom is 0.309 e. The number of carboxylic acids is 1. The summed E-state index contributed by atoms with van der Waals surface area (Å²) in [5.74, 6) is -1.71. The van der Waals surface area contributed by atoms with E-state index in [-0.39, 0.29) is 61.8 Å². The first-order valence-electron chi connectivity index (χ1n) is 17.8. The number of nitrogens with zero attached hydrogens (tertiary/aromatic N) is 2. The van der Waals surface area contributed by atoms with Gasteiger partial charge in [0.15, 0.2) is 11.6 Å². The number of benzene rings is 3. The van der Waals surface area contributed by atoms with Crippen LogP contribution in [0.5, 0.6) is 11.5 Å². The molecule has 3 aromatic carbocycles. The van der Waals surface area contributed by atoms with Crippen LogP contribution in [-0.2, 0) is 20.8 Å². The van der Waals surface area contributed by atoms with Crippen molar-refractivity contribution in [3.05, 3.63) is 99.5 Å². The van der Waals surface area contributed by atoms with Gasteiger partial charge in [0.1, 0.15) is 24.7 Å². The summed E-state index contributed by atoms with van der Waals surface area (Å²) in [6.45, 7) is 4.82. The summed E-state index contributed by atoms with van der Waals surface area (Å²) in [6, 6.07) is 18.7. The minimum atomic E-state index is -1.04. The van der Waals surface area contributed by atoms with Crippen molar-refractivity contribution in [3.8, 4) is 11.5 Å². The molecular formula is C40H44BrF2N3O6. The maximum absolute atomic E-state index is 14.7. The van der Waals surface area contributed by atoms with E-state index in [1.54, 1.807) is 23.6 Å². The zero-order chi connectivity index (χ0) is 37.0. The molecule has 6 rings (SSSR count). The minimum absolute atomic E-state index is 0.00873. The van der Waals surface area contributed by atoms with E-state index >= 15 is 0 Å². The van der Waals surface area contributed by atoms with Crippen molar-refractivity contribution < 1.29 is 37.7 Å². The Morgan fingerprint density at radius 2 is 1.62 bits per heavy atom. The molecular weight excluding hydrogens is 736 g/mol. The molecule has 2 amide bonds. The van der Waals surface area contributed by atoms with E-state index in [0.29, 0.717) is 37.5 Å². The molecule has 0 radical (unpaired) electrons. The lowest BCUT2D eigenvalue weighted by molar-refractivity contribution is -0.148. The Balaban J connectivity index is 1.22. The monoisotopic (exact) mass is 779 g/mol. The summed E-state index contributed by atoms with van der Waals surface area (Å²) >= 11 is 3.41. The number of halogens is 3. The Labute approximate surface area is 311 Å². The summed E-state index contributed by atoms with van der Waals surface area (Å²) < 4.78 is 41.3. The Bertz CT molecular complexity index is 1810. The van der Waals surface area contributed by atoms with Crippen LogP contribution in [0.4, 0.5) is 8.78 Å². The number of carbonyl (C=O) groups is 3. The Morgan fingerprint density at radius 1 is 0.962 bits per heavy atom. The average molecular weight is 781 g/mol. The molecule has 276 valence electrons. The molecule has 52 heavy (non-hydrogen) atoms. The van der Waals surface area contributed by atoms with Gasteiger partial charge in [-0.05, 0) is 105 Å². The second-order valence-corrected chi connectivity index (χ2v) is 15.3. The van der Waals surface area contributed by atoms with E-state index in [1.165, 1.54) is 12.1 Å². The van der Waals surface area contributed by atoms with Crippen LogP contribution in [0.2, 0.25) is 0 Å². The average Bonchev–Trinajstić information content (AvgIpc) is 3.97. The van der Waals surface area contributed by atoms with Gasteiger partial charge in [0.2, 0.25) is 5.91 Å². The number of rotatable bonds is 15. The maximum atomic E-state index is 14.7. The van der Waals surface area contributed by atoms with Gasteiger partial charge in [0.05, 0.1) is 11.5 Å². The molecule has 2 atom stereocenters. The fraction of sp³-hybridized carbons (Fsp3) is 0.425. The third kappa shape index (κ3) is 9.01. The number of amides is 2. The summed E-state index contributed by atoms with van der Waals surface area (Å²) in [6.07, 6.45) is 2.58. The van der Waals surface area contributed by atoms with Crippen LogP contribution in [0, 0.1) is 17.0 Å². The number of carbonyl (C=O) groups excluding carboxylic acids is 2. The zero-order valence-electron chi connectivity index (χ0n) is 29.4. The summed E-state index contributed by atoms with van der Waals surface area (Å²) in [7, 11) is 0. The molecule has 0 spiro atoms. The topological polar surface area (TPSA) is 108 Å². The van der Waals surface area contributed by atoms with Crippen LogP contribution in [-0.4, -0.2) is 83.7 Å². The van der Waals surface area contributed by atoms with Gasteiger partial charge in [-0.25, -0.2) is 8.78 Å². The number of hydrogen-bond donors (Lipinski definition) is 2. The lowest BCUT2D eigenvalue weighted by atomic mass is 9.82. The molecule has 2 heterocycles. The highest BCUT2D eigenvalue weighted by Gasteiger charge is 2.43. The molecule has 3 aromatic rings. The molecule has 9 nitrogen and oxygen atoms in total. The minimum Gasteiger partial charge on any atom is -0.490 e. The van der Waals surface area contributed by atoms with Gasteiger partial charge < -0.3 is 29.7 Å². The molecule has 12 heteroatoms. The van der Waals surface area contributed by atoms with Crippen LogP contribution in [0.3, 0.4) is 0 Å². The second kappa shape index (κ2) is 16.2. The van der Waals surface area contributed by atoms with Crippen molar-refractivity contribution >= 4 is 39.3 Å². The normalized spacial score (nSPS) is 18.6. The quantitative estimate of drug-likeness (QED) is 0.167. The van der Waals surface area contributed by atoms with Gasteiger partial charge in [-0.1, -0.05) is 40.2 Å². The van der Waals surface area contributed by atoms with Crippen LogP contribution in [0.25, 0.3) is 5.57 Å². The Morgan fingerprint density at radius 3 is 2.25 bits per heavy atom. The molecule has 1 saturated carbocycles. The molecule has 0 aromatic heterocycles. The van der Waals surface area contributed by atoms with Crippen molar-refractivity contribution in [1.82, 2.24) is 15.1 Å². The molecule has 2 aliphatic heterocycles. The largest absolute Gasteiger partial charge is 0.490 e. The van der Waals surface area contributed by atoms with E-state index in [0.717, 1.165) is 40.3 Å². The van der Waals surface area contributed by atoms with Crippen molar-refractivity contribution in [3.63, 3.8) is 0 Å². The smallest absolute Gasteiger partial charge is 0.309 e. The van der Waals surface area contributed by atoms with Gasteiger partial charge in [-0.3, -0.25) is 14.4 Å². The highest BCUT2D eigenvalue weighted by molar-refractivity contribution is 9.10. The number of hydrogen-bond acceptors (Lipinski definition) is 6. The standard InChI is InChI=1S/C40H44BrF2N3O6/c1-40(2,39(49)50)18-16-35(47)45-23-28-22-32(25-6-12-30(13-7-25)51-20-21-52-31-14-8-27(41)9-15-31)36(34(24-45)44-28)38(48)46(29-10-11-29)19-17-26-4-3-5-33(42)37(26)43/h3-9,12-15,28-29,34,44H,10-11,16-24H2,1-2H3,(H,49,50)/t28-,34-/m1/s1. The third-order valence-electron chi connectivity index (χ3n) is 10.1. The van der Waals surface area contributed by atoms with Crippen molar-refractivity contribution in [1.29, 1.82) is 0 Å².